The quantitative estimate of drug-likeness (QED) is 0.821. The normalized spacial score (nSPS) is 10.9. The standard InChI is InChI=1S/C15H19NO2/c1-5-18-14-9-12(10(2)3)11-7-6-8-13(17-4)15(11)16-14/h6-10H,5H2,1-4H3. The van der Waals surface area contributed by atoms with Gasteiger partial charge in [-0.05, 0) is 24.5 Å². The van der Waals surface area contributed by atoms with Crippen LogP contribution < -0.4 is 9.47 Å². The van der Waals surface area contributed by atoms with Crippen molar-refractivity contribution in [1.82, 2.24) is 4.98 Å². The number of aromatic nitrogens is 1. The van der Waals surface area contributed by atoms with E-state index in [9.17, 15) is 0 Å². The van der Waals surface area contributed by atoms with E-state index in [2.05, 4.69) is 24.9 Å². The highest BCUT2D eigenvalue weighted by Crippen LogP contribution is 2.32. The summed E-state index contributed by atoms with van der Waals surface area (Å²) in [7, 11) is 1.67. The summed E-state index contributed by atoms with van der Waals surface area (Å²) in [6.45, 7) is 6.92. The lowest BCUT2D eigenvalue weighted by atomic mass is 9.98. The summed E-state index contributed by atoms with van der Waals surface area (Å²) in [5, 5.41) is 1.13. The van der Waals surface area contributed by atoms with E-state index in [1.54, 1.807) is 7.11 Å². The zero-order chi connectivity index (χ0) is 13.1. The summed E-state index contributed by atoms with van der Waals surface area (Å²) in [5.41, 5.74) is 2.11. The number of fused-ring (bicyclic) bond motifs is 1. The van der Waals surface area contributed by atoms with Crippen molar-refractivity contribution in [2.24, 2.45) is 0 Å². The second-order valence-corrected chi connectivity index (χ2v) is 4.49. The molecule has 2 rings (SSSR count). The number of para-hydroxylation sites is 1. The van der Waals surface area contributed by atoms with E-state index < -0.39 is 0 Å². The first kappa shape index (κ1) is 12.7. The van der Waals surface area contributed by atoms with Crippen LogP contribution in [0.5, 0.6) is 11.6 Å². The van der Waals surface area contributed by atoms with Crippen LogP contribution in [0.2, 0.25) is 0 Å². The Bertz CT molecular complexity index is 549. The predicted molar refractivity (Wildman–Crippen MR) is 73.6 cm³/mol. The van der Waals surface area contributed by atoms with Crippen LogP contribution in [0.1, 0.15) is 32.3 Å². The van der Waals surface area contributed by atoms with Crippen LogP contribution in [0, 0.1) is 0 Å². The van der Waals surface area contributed by atoms with Crippen LogP contribution >= 0.6 is 0 Å². The maximum absolute atomic E-state index is 5.54. The third-order valence-electron chi connectivity index (χ3n) is 2.95. The molecule has 0 saturated carbocycles. The van der Waals surface area contributed by atoms with Crippen LogP contribution in [0.15, 0.2) is 24.3 Å². The lowest BCUT2D eigenvalue weighted by molar-refractivity contribution is 0.327. The van der Waals surface area contributed by atoms with E-state index in [1.165, 1.54) is 5.56 Å². The van der Waals surface area contributed by atoms with Gasteiger partial charge in [-0.25, -0.2) is 4.98 Å². The second kappa shape index (κ2) is 5.25. The van der Waals surface area contributed by atoms with Crippen LogP contribution in [-0.2, 0) is 0 Å². The van der Waals surface area contributed by atoms with E-state index in [1.807, 2.05) is 25.1 Å². The monoisotopic (exact) mass is 245 g/mol. The Morgan fingerprint density at radius 2 is 2.06 bits per heavy atom. The smallest absolute Gasteiger partial charge is 0.214 e. The maximum Gasteiger partial charge on any atom is 0.214 e. The van der Waals surface area contributed by atoms with Crippen LogP contribution in [-0.4, -0.2) is 18.7 Å². The van der Waals surface area contributed by atoms with Gasteiger partial charge in [0.2, 0.25) is 5.88 Å². The van der Waals surface area contributed by atoms with E-state index >= 15 is 0 Å². The third-order valence-corrected chi connectivity index (χ3v) is 2.95. The Kier molecular flexibility index (Phi) is 3.70. The molecular formula is C15H19NO2. The fraction of sp³-hybridized carbons (Fsp3) is 0.400. The molecule has 1 heterocycles. The van der Waals surface area contributed by atoms with Gasteiger partial charge in [-0.3, -0.25) is 0 Å². The first-order valence-corrected chi connectivity index (χ1v) is 6.27. The van der Waals surface area contributed by atoms with Gasteiger partial charge in [-0.1, -0.05) is 26.0 Å². The topological polar surface area (TPSA) is 31.4 Å². The minimum absolute atomic E-state index is 0.418. The van der Waals surface area contributed by atoms with Gasteiger partial charge in [-0.15, -0.1) is 0 Å². The van der Waals surface area contributed by atoms with E-state index in [-0.39, 0.29) is 0 Å². The number of rotatable bonds is 4. The molecule has 0 fully saturated rings. The van der Waals surface area contributed by atoms with Gasteiger partial charge in [0, 0.05) is 11.5 Å². The number of methoxy groups -OCH3 is 1. The summed E-state index contributed by atoms with van der Waals surface area (Å²) in [4.78, 5) is 4.53. The second-order valence-electron chi connectivity index (χ2n) is 4.49. The maximum atomic E-state index is 5.54. The van der Waals surface area contributed by atoms with Crippen molar-refractivity contribution in [3.8, 4) is 11.6 Å². The molecule has 0 aliphatic carbocycles. The summed E-state index contributed by atoms with van der Waals surface area (Å²) < 4.78 is 10.9. The van der Waals surface area contributed by atoms with Crippen molar-refractivity contribution in [2.75, 3.05) is 13.7 Å². The van der Waals surface area contributed by atoms with Crippen LogP contribution in [0.25, 0.3) is 10.9 Å². The largest absolute Gasteiger partial charge is 0.494 e. The van der Waals surface area contributed by atoms with E-state index in [0.717, 1.165) is 16.7 Å². The fourth-order valence-corrected chi connectivity index (χ4v) is 2.09. The lowest BCUT2D eigenvalue weighted by Crippen LogP contribution is -1.99. The Morgan fingerprint density at radius 1 is 1.28 bits per heavy atom. The van der Waals surface area contributed by atoms with Crippen molar-refractivity contribution in [3.05, 3.63) is 29.8 Å². The molecule has 0 spiro atoms. The first-order chi connectivity index (χ1) is 8.67. The minimum atomic E-state index is 0.418. The Balaban J connectivity index is 2.72. The van der Waals surface area contributed by atoms with Gasteiger partial charge < -0.3 is 9.47 Å². The summed E-state index contributed by atoms with van der Waals surface area (Å²) in [6.07, 6.45) is 0. The van der Waals surface area contributed by atoms with Gasteiger partial charge in [0.1, 0.15) is 11.3 Å². The average molecular weight is 245 g/mol. The number of hydrogen-bond acceptors (Lipinski definition) is 3. The van der Waals surface area contributed by atoms with Crippen molar-refractivity contribution in [1.29, 1.82) is 0 Å². The van der Waals surface area contributed by atoms with E-state index in [0.29, 0.717) is 18.4 Å². The highest BCUT2D eigenvalue weighted by Gasteiger charge is 2.12. The molecule has 0 aliphatic rings. The molecule has 1 aromatic carbocycles. The summed E-state index contributed by atoms with van der Waals surface area (Å²) >= 11 is 0. The van der Waals surface area contributed by atoms with Crippen LogP contribution in [0.3, 0.4) is 0 Å². The molecule has 0 N–H and O–H groups in total. The van der Waals surface area contributed by atoms with Gasteiger partial charge in [-0.2, -0.15) is 0 Å². The molecule has 3 nitrogen and oxygen atoms in total. The molecule has 0 atom stereocenters. The summed E-state index contributed by atoms with van der Waals surface area (Å²) in [5.74, 6) is 1.87. The molecule has 0 unspecified atom stereocenters. The molecule has 1 aromatic heterocycles. The van der Waals surface area contributed by atoms with Crippen molar-refractivity contribution in [2.45, 2.75) is 26.7 Å². The number of pyridine rings is 1. The lowest BCUT2D eigenvalue weighted by Gasteiger charge is -2.14. The number of benzene rings is 1. The number of nitrogens with zero attached hydrogens (tertiary/aromatic N) is 1. The van der Waals surface area contributed by atoms with Crippen LogP contribution in [0.4, 0.5) is 0 Å². The highest BCUT2D eigenvalue weighted by molar-refractivity contribution is 5.88. The van der Waals surface area contributed by atoms with Gasteiger partial charge in [0.25, 0.3) is 0 Å². The molecule has 96 valence electrons. The molecule has 3 heteroatoms. The number of hydrogen-bond donors (Lipinski definition) is 0. The van der Waals surface area contributed by atoms with E-state index in [4.69, 9.17) is 9.47 Å². The summed E-state index contributed by atoms with van der Waals surface area (Å²) in [6, 6.07) is 8.02. The van der Waals surface area contributed by atoms with Gasteiger partial charge in [0.15, 0.2) is 0 Å². The predicted octanol–water partition coefficient (Wildman–Crippen LogP) is 3.77. The Hall–Kier alpha value is -1.77. The SMILES string of the molecule is CCOc1cc(C(C)C)c2cccc(OC)c2n1. The molecule has 2 aromatic rings. The molecular weight excluding hydrogens is 226 g/mol. The molecule has 0 aliphatic heterocycles. The first-order valence-electron chi connectivity index (χ1n) is 6.27. The highest BCUT2D eigenvalue weighted by atomic mass is 16.5. The van der Waals surface area contributed by atoms with Crippen molar-refractivity contribution >= 4 is 10.9 Å². The third kappa shape index (κ3) is 2.26. The van der Waals surface area contributed by atoms with Gasteiger partial charge >= 0.3 is 0 Å². The molecule has 18 heavy (non-hydrogen) atoms. The number of ether oxygens (including phenoxy) is 2. The molecule has 0 saturated heterocycles. The van der Waals surface area contributed by atoms with Crippen molar-refractivity contribution < 1.29 is 9.47 Å². The Morgan fingerprint density at radius 3 is 2.67 bits per heavy atom. The fourth-order valence-electron chi connectivity index (χ4n) is 2.09. The molecule has 0 amide bonds. The zero-order valence-corrected chi connectivity index (χ0v) is 11.4. The molecule has 0 bridgehead atoms. The molecule has 0 radical (unpaired) electrons. The Labute approximate surface area is 108 Å². The van der Waals surface area contributed by atoms with Gasteiger partial charge in [0.05, 0.1) is 13.7 Å². The zero-order valence-electron chi connectivity index (χ0n) is 11.4. The average Bonchev–Trinajstić information content (AvgIpc) is 2.37. The van der Waals surface area contributed by atoms with Crippen molar-refractivity contribution in [3.63, 3.8) is 0 Å². The minimum Gasteiger partial charge on any atom is -0.494 e.